The SMILES string of the molecule is C[C@H](OC(C)(C)C)[C@H](NC(=O)[C@H](CSC(C)(C)C)NC(=O)[C@H](CCC(=O)OC(C)(C)C)NC(=O)OCC1c2ccccc2-c2ccccc21)C(=O)O. The lowest BCUT2D eigenvalue weighted by atomic mass is 9.98. The van der Waals surface area contributed by atoms with E-state index in [1.165, 1.54) is 11.8 Å². The van der Waals surface area contributed by atoms with Gasteiger partial charge in [-0.05, 0) is 77.1 Å². The summed E-state index contributed by atoms with van der Waals surface area (Å²) in [6, 6.07) is 11.9. The van der Waals surface area contributed by atoms with E-state index in [1.54, 1.807) is 48.5 Å². The lowest BCUT2D eigenvalue weighted by molar-refractivity contribution is -0.155. The molecule has 13 heteroatoms. The van der Waals surface area contributed by atoms with Crippen molar-refractivity contribution >= 4 is 41.6 Å². The van der Waals surface area contributed by atoms with Crippen LogP contribution in [-0.4, -0.2) is 87.5 Å². The molecule has 12 nitrogen and oxygen atoms in total. The number of carboxylic acids is 1. The zero-order chi connectivity index (χ0) is 39.0. The van der Waals surface area contributed by atoms with Gasteiger partial charge in [-0.15, -0.1) is 0 Å². The summed E-state index contributed by atoms with van der Waals surface area (Å²) in [6.45, 7) is 17.8. The predicted octanol–water partition coefficient (Wildman–Crippen LogP) is 5.81. The van der Waals surface area contributed by atoms with Gasteiger partial charge in [0.1, 0.15) is 24.3 Å². The minimum atomic E-state index is -1.41. The molecule has 0 aromatic heterocycles. The molecule has 0 aliphatic heterocycles. The van der Waals surface area contributed by atoms with Gasteiger partial charge < -0.3 is 35.3 Å². The number of nitrogens with one attached hydrogen (secondary N) is 3. The van der Waals surface area contributed by atoms with Gasteiger partial charge in [0.05, 0.1) is 11.7 Å². The van der Waals surface area contributed by atoms with E-state index in [9.17, 15) is 29.1 Å². The number of amides is 3. The average molecular weight is 742 g/mol. The Balaban J connectivity index is 1.81. The predicted molar refractivity (Wildman–Crippen MR) is 201 cm³/mol. The van der Waals surface area contributed by atoms with Gasteiger partial charge in [-0.25, -0.2) is 9.59 Å². The van der Waals surface area contributed by atoms with Gasteiger partial charge in [0, 0.05) is 22.8 Å². The number of hydrogen-bond acceptors (Lipinski definition) is 9. The number of thioether (sulfide) groups is 1. The fourth-order valence-electron chi connectivity index (χ4n) is 5.75. The van der Waals surface area contributed by atoms with E-state index in [-0.39, 0.29) is 35.9 Å². The molecule has 2 aromatic carbocycles. The summed E-state index contributed by atoms with van der Waals surface area (Å²) in [5, 5.41) is 17.8. The van der Waals surface area contributed by atoms with Crippen LogP contribution in [0.3, 0.4) is 0 Å². The van der Waals surface area contributed by atoms with E-state index in [2.05, 4.69) is 16.0 Å². The largest absolute Gasteiger partial charge is 0.480 e. The minimum Gasteiger partial charge on any atom is -0.480 e. The first kappa shape index (κ1) is 42.3. The van der Waals surface area contributed by atoms with Crippen LogP contribution in [0, 0.1) is 0 Å². The van der Waals surface area contributed by atoms with Crippen LogP contribution in [0.5, 0.6) is 0 Å². The number of rotatable bonds is 15. The molecule has 0 bridgehead atoms. The molecule has 3 rings (SSSR count). The molecule has 0 saturated heterocycles. The Kier molecular flexibility index (Phi) is 14.3. The van der Waals surface area contributed by atoms with Gasteiger partial charge in [0.25, 0.3) is 0 Å². The van der Waals surface area contributed by atoms with Crippen molar-refractivity contribution in [2.24, 2.45) is 0 Å². The molecule has 4 N–H and O–H groups in total. The average Bonchev–Trinajstić information content (AvgIpc) is 3.33. The van der Waals surface area contributed by atoms with Crippen LogP contribution in [0.4, 0.5) is 4.79 Å². The Labute approximate surface area is 311 Å². The maximum Gasteiger partial charge on any atom is 0.407 e. The highest BCUT2D eigenvalue weighted by atomic mass is 32.2. The van der Waals surface area contributed by atoms with Crippen molar-refractivity contribution in [2.45, 2.75) is 128 Å². The second-order valence-electron chi connectivity index (χ2n) is 15.9. The summed E-state index contributed by atoms with van der Waals surface area (Å²) in [5.41, 5.74) is 2.70. The van der Waals surface area contributed by atoms with E-state index < -0.39 is 65.3 Å². The maximum absolute atomic E-state index is 13.9. The molecule has 0 unspecified atom stereocenters. The highest BCUT2D eigenvalue weighted by Crippen LogP contribution is 2.44. The molecule has 0 radical (unpaired) electrons. The van der Waals surface area contributed by atoms with Crippen molar-refractivity contribution in [3.05, 3.63) is 59.7 Å². The second kappa shape index (κ2) is 17.6. The van der Waals surface area contributed by atoms with Crippen LogP contribution in [-0.2, 0) is 33.4 Å². The molecule has 0 spiro atoms. The van der Waals surface area contributed by atoms with Gasteiger partial charge in [-0.1, -0.05) is 69.3 Å². The number of aliphatic carboxylic acids is 1. The first-order valence-electron chi connectivity index (χ1n) is 17.5. The monoisotopic (exact) mass is 741 g/mol. The fraction of sp³-hybridized carbons (Fsp3) is 0.564. The first-order chi connectivity index (χ1) is 24.0. The highest BCUT2D eigenvalue weighted by Gasteiger charge is 2.35. The zero-order valence-corrected chi connectivity index (χ0v) is 32.8. The van der Waals surface area contributed by atoms with Gasteiger partial charge in [0.15, 0.2) is 6.04 Å². The van der Waals surface area contributed by atoms with Crippen LogP contribution >= 0.6 is 11.8 Å². The van der Waals surface area contributed by atoms with Crippen LogP contribution in [0.1, 0.15) is 99.1 Å². The molecule has 0 saturated carbocycles. The molecule has 0 heterocycles. The lowest BCUT2D eigenvalue weighted by Gasteiger charge is -2.31. The van der Waals surface area contributed by atoms with E-state index in [0.717, 1.165) is 22.3 Å². The Bertz CT molecular complexity index is 1550. The zero-order valence-electron chi connectivity index (χ0n) is 32.0. The third-order valence-corrected chi connectivity index (χ3v) is 9.26. The van der Waals surface area contributed by atoms with E-state index in [4.69, 9.17) is 14.2 Å². The number of benzene rings is 2. The van der Waals surface area contributed by atoms with Crippen molar-refractivity contribution < 1.29 is 43.3 Å². The molecule has 4 atom stereocenters. The van der Waals surface area contributed by atoms with Crippen LogP contribution in [0.2, 0.25) is 0 Å². The van der Waals surface area contributed by atoms with Crippen molar-refractivity contribution in [3.8, 4) is 11.1 Å². The normalized spacial score (nSPS) is 15.3. The number of carboxylic acid groups (broad SMARTS) is 1. The van der Waals surface area contributed by atoms with Crippen molar-refractivity contribution in [1.29, 1.82) is 0 Å². The number of carbonyl (C=O) groups excluding carboxylic acids is 4. The van der Waals surface area contributed by atoms with Crippen LogP contribution in [0.25, 0.3) is 11.1 Å². The molecular formula is C39H55N3O9S. The smallest absolute Gasteiger partial charge is 0.407 e. The summed E-state index contributed by atoms with van der Waals surface area (Å²) in [6.07, 6.45) is -2.14. The number of fused-ring (bicyclic) bond motifs is 3. The quantitative estimate of drug-likeness (QED) is 0.164. The summed E-state index contributed by atoms with van der Waals surface area (Å²) in [7, 11) is 0. The number of hydrogen-bond donors (Lipinski definition) is 4. The number of ether oxygens (including phenoxy) is 3. The molecule has 3 amide bonds. The first-order valence-corrected chi connectivity index (χ1v) is 18.5. The maximum atomic E-state index is 13.9. The van der Waals surface area contributed by atoms with Crippen LogP contribution in [0.15, 0.2) is 48.5 Å². The van der Waals surface area contributed by atoms with Crippen molar-refractivity contribution in [2.75, 3.05) is 12.4 Å². The molecule has 286 valence electrons. The van der Waals surface area contributed by atoms with Gasteiger partial charge >= 0.3 is 18.0 Å². The number of esters is 1. The molecule has 2 aromatic rings. The van der Waals surface area contributed by atoms with Crippen LogP contribution < -0.4 is 16.0 Å². The van der Waals surface area contributed by atoms with Gasteiger partial charge in [-0.2, -0.15) is 11.8 Å². The third-order valence-electron chi connectivity index (χ3n) is 7.90. The molecule has 0 fully saturated rings. The van der Waals surface area contributed by atoms with Crippen molar-refractivity contribution in [3.63, 3.8) is 0 Å². The minimum absolute atomic E-state index is 0.00108. The van der Waals surface area contributed by atoms with E-state index in [1.807, 2.05) is 69.3 Å². The highest BCUT2D eigenvalue weighted by molar-refractivity contribution is 8.00. The molecular weight excluding hydrogens is 687 g/mol. The lowest BCUT2D eigenvalue weighted by Crippen LogP contribution is -2.59. The molecule has 1 aliphatic rings. The Hall–Kier alpha value is -4.10. The van der Waals surface area contributed by atoms with Crippen molar-refractivity contribution in [1.82, 2.24) is 16.0 Å². The standard InChI is InChI=1S/C39H55N3O9S/c1-23(50-37(2,3)4)32(35(46)47)42-34(45)30(22-52-39(8,9)10)40-33(44)29(19-20-31(43)51-38(5,6)7)41-36(48)49-21-28-26-17-13-11-15-24(26)25-16-12-14-18-27(25)28/h11-18,23,28-30,32H,19-22H2,1-10H3,(H,40,44)(H,41,48)(H,42,45)(H,46,47)/t23-,29-,30-,32-/m0/s1. The van der Waals surface area contributed by atoms with Gasteiger partial charge in [0.2, 0.25) is 11.8 Å². The summed E-state index contributed by atoms with van der Waals surface area (Å²) in [5.74, 6) is -3.50. The fourth-order valence-corrected chi connectivity index (χ4v) is 6.66. The summed E-state index contributed by atoms with van der Waals surface area (Å²) in [4.78, 5) is 65.7. The van der Waals surface area contributed by atoms with E-state index in [0.29, 0.717) is 0 Å². The number of carbonyl (C=O) groups is 5. The Morgan fingerprint density at radius 1 is 0.769 bits per heavy atom. The summed E-state index contributed by atoms with van der Waals surface area (Å²) < 4.78 is 16.6. The Morgan fingerprint density at radius 3 is 1.81 bits per heavy atom. The topological polar surface area (TPSA) is 169 Å². The molecule has 1 aliphatic carbocycles. The summed E-state index contributed by atoms with van der Waals surface area (Å²) >= 11 is 1.39. The second-order valence-corrected chi connectivity index (χ2v) is 17.7. The Morgan fingerprint density at radius 2 is 1.31 bits per heavy atom. The third kappa shape index (κ3) is 13.1. The van der Waals surface area contributed by atoms with Gasteiger partial charge in [-0.3, -0.25) is 14.4 Å². The molecule has 52 heavy (non-hydrogen) atoms. The van der Waals surface area contributed by atoms with E-state index >= 15 is 0 Å². The number of alkyl carbamates (subject to hydrolysis) is 1.